The Hall–Kier alpha value is -0.000000000000000111. The normalized spacial score (nSPS) is 29.4. The lowest BCUT2D eigenvalue weighted by Crippen LogP contribution is -2.38. The number of carbonyl (C=O) groups excluding carboxylic acids is 1. The van der Waals surface area contributed by atoms with E-state index in [1.165, 1.54) is 11.4 Å². The zero-order valence-corrected chi connectivity index (χ0v) is 11.0. The van der Waals surface area contributed by atoms with Crippen LogP contribution in [0.5, 0.6) is 0 Å². The number of rotatable bonds is 4. The molecule has 1 unspecified atom stereocenters. The van der Waals surface area contributed by atoms with Crippen LogP contribution in [0.3, 0.4) is 0 Å². The van der Waals surface area contributed by atoms with Gasteiger partial charge in [-0.15, -0.1) is 11.4 Å². The Kier molecular flexibility index (Phi) is 5.54. The van der Waals surface area contributed by atoms with Crippen LogP contribution in [0.15, 0.2) is 0 Å². The van der Waals surface area contributed by atoms with Crippen LogP contribution in [0.25, 0.3) is 0 Å². The second-order valence-electron chi connectivity index (χ2n) is 4.05. The van der Waals surface area contributed by atoms with Gasteiger partial charge in [0.05, 0.1) is 6.10 Å². The molecule has 0 saturated heterocycles. The summed E-state index contributed by atoms with van der Waals surface area (Å²) in [5, 5.41) is 11.5. The average molecular weight is 289 g/mol. The minimum Gasteiger partial charge on any atom is -0.392 e. The van der Waals surface area contributed by atoms with Crippen molar-refractivity contribution < 1.29 is 23.1 Å². The Bertz CT molecular complexity index is 277. The molecule has 0 radical (unpaired) electrons. The van der Waals surface area contributed by atoms with Crippen LogP contribution in [0.1, 0.15) is 19.3 Å². The van der Waals surface area contributed by atoms with Gasteiger partial charge in [0.2, 0.25) is 0 Å². The number of hydrogen-bond donors (Lipinski definition) is 2. The molecule has 4 atom stereocenters. The van der Waals surface area contributed by atoms with Gasteiger partial charge in [-0.2, -0.15) is 13.2 Å². The lowest BCUT2D eigenvalue weighted by Gasteiger charge is -2.19. The molecule has 0 aromatic heterocycles. The number of carbonyl (C=O) groups is 1. The molecule has 0 bridgehead atoms. The Morgan fingerprint density at radius 3 is 2.65 bits per heavy atom. The lowest BCUT2D eigenvalue weighted by atomic mass is 10.0. The molecule has 0 heterocycles. The number of aliphatic hydroxyl groups excluding tert-OH is 1. The summed E-state index contributed by atoms with van der Waals surface area (Å²) in [5.74, 6) is -1.74. The largest absolute Gasteiger partial charge is 0.471 e. The fraction of sp³-hybridized carbons (Fsp3) is 0.889. The number of nitrogens with one attached hydrogen (secondary N) is 1. The SMILES string of the molecule is O=C(NCC[C@H]1CC[C@@H](O)[C@@H]1SP)C(F)(F)F. The third-order valence-corrected chi connectivity index (χ3v) is 4.85. The van der Waals surface area contributed by atoms with Crippen molar-refractivity contribution >= 4 is 25.7 Å². The monoisotopic (exact) mass is 289 g/mol. The van der Waals surface area contributed by atoms with Crippen molar-refractivity contribution in [3.63, 3.8) is 0 Å². The van der Waals surface area contributed by atoms with Crippen LogP contribution in [0, 0.1) is 5.92 Å². The van der Waals surface area contributed by atoms with E-state index in [9.17, 15) is 23.1 Å². The highest BCUT2D eigenvalue weighted by molar-refractivity contribution is 8.44. The second-order valence-corrected chi connectivity index (χ2v) is 5.68. The van der Waals surface area contributed by atoms with Crippen molar-refractivity contribution in [1.82, 2.24) is 5.32 Å². The third kappa shape index (κ3) is 4.30. The number of halogens is 3. The quantitative estimate of drug-likeness (QED) is 0.775. The zero-order valence-electron chi connectivity index (χ0n) is 9.04. The van der Waals surface area contributed by atoms with E-state index in [1.54, 1.807) is 0 Å². The van der Waals surface area contributed by atoms with Crippen molar-refractivity contribution in [3.05, 3.63) is 0 Å². The Balaban J connectivity index is 2.30. The molecule has 0 spiro atoms. The number of alkyl halides is 3. The Morgan fingerprint density at radius 1 is 1.47 bits per heavy atom. The standard InChI is InChI=1S/C9H15F3NO2PS/c10-9(11,12)8(15)13-4-3-5-1-2-6(14)7(5)17-16/h5-7,14H,1-4,16H2,(H,13,15)/t5-,6-,7-/m1/s1. The maximum absolute atomic E-state index is 11.9. The van der Waals surface area contributed by atoms with Gasteiger partial charge >= 0.3 is 12.1 Å². The van der Waals surface area contributed by atoms with Gasteiger partial charge in [-0.1, -0.05) is 8.44 Å². The van der Waals surface area contributed by atoms with Crippen LogP contribution >= 0.6 is 19.8 Å². The molecule has 1 rings (SSSR count). The van der Waals surface area contributed by atoms with Crippen molar-refractivity contribution in [2.75, 3.05) is 6.54 Å². The molecule has 0 aromatic rings. The molecule has 1 aliphatic carbocycles. The highest BCUT2D eigenvalue weighted by Gasteiger charge is 2.39. The van der Waals surface area contributed by atoms with E-state index in [-0.39, 0.29) is 17.7 Å². The third-order valence-electron chi connectivity index (χ3n) is 2.89. The average Bonchev–Trinajstić information content (AvgIpc) is 2.57. The van der Waals surface area contributed by atoms with E-state index >= 15 is 0 Å². The minimum absolute atomic E-state index is 0.00252. The maximum Gasteiger partial charge on any atom is 0.471 e. The van der Waals surface area contributed by atoms with Gasteiger partial charge in [0, 0.05) is 11.8 Å². The fourth-order valence-electron chi connectivity index (χ4n) is 2.01. The van der Waals surface area contributed by atoms with Gasteiger partial charge in [-0.05, 0) is 25.2 Å². The molecule has 1 saturated carbocycles. The Labute approximate surface area is 104 Å². The predicted octanol–water partition coefficient (Wildman–Crippen LogP) is 1.72. The van der Waals surface area contributed by atoms with Crippen LogP contribution in [0.2, 0.25) is 0 Å². The number of aliphatic hydroxyl groups is 1. The molecule has 100 valence electrons. The minimum atomic E-state index is -4.82. The molecule has 0 aromatic carbocycles. The van der Waals surface area contributed by atoms with Crippen molar-refractivity contribution in [1.29, 1.82) is 0 Å². The molecule has 0 aliphatic heterocycles. The van der Waals surface area contributed by atoms with Gasteiger partial charge in [0.15, 0.2) is 0 Å². The van der Waals surface area contributed by atoms with E-state index < -0.39 is 18.2 Å². The smallest absolute Gasteiger partial charge is 0.392 e. The molecule has 1 amide bonds. The van der Waals surface area contributed by atoms with Crippen molar-refractivity contribution in [2.24, 2.45) is 5.92 Å². The van der Waals surface area contributed by atoms with Crippen molar-refractivity contribution in [3.8, 4) is 0 Å². The molecule has 17 heavy (non-hydrogen) atoms. The highest BCUT2D eigenvalue weighted by atomic mass is 32.7. The zero-order chi connectivity index (χ0) is 13.1. The van der Waals surface area contributed by atoms with E-state index in [0.29, 0.717) is 12.8 Å². The van der Waals surface area contributed by atoms with E-state index in [1.807, 2.05) is 5.32 Å². The summed E-state index contributed by atoms with van der Waals surface area (Å²) in [5.41, 5.74) is 0. The number of amides is 1. The van der Waals surface area contributed by atoms with E-state index in [0.717, 1.165) is 6.42 Å². The molecular weight excluding hydrogens is 274 g/mol. The summed E-state index contributed by atoms with van der Waals surface area (Å²) in [4.78, 5) is 10.6. The fourth-order valence-corrected chi connectivity index (χ4v) is 4.03. The summed E-state index contributed by atoms with van der Waals surface area (Å²) < 4.78 is 35.7. The first-order chi connectivity index (χ1) is 7.86. The molecule has 1 aliphatic rings. The Morgan fingerprint density at radius 2 is 2.12 bits per heavy atom. The molecule has 2 N–H and O–H groups in total. The van der Waals surface area contributed by atoms with Crippen LogP contribution in [0.4, 0.5) is 13.2 Å². The number of hydrogen-bond acceptors (Lipinski definition) is 3. The maximum atomic E-state index is 11.9. The summed E-state index contributed by atoms with van der Waals surface area (Å²) in [7, 11) is 2.46. The molecular formula is C9H15F3NO2PS. The molecule has 3 nitrogen and oxygen atoms in total. The summed E-state index contributed by atoms with van der Waals surface area (Å²) in [6, 6.07) is 0. The van der Waals surface area contributed by atoms with Crippen LogP contribution in [-0.4, -0.2) is 35.1 Å². The highest BCUT2D eigenvalue weighted by Crippen LogP contribution is 2.39. The van der Waals surface area contributed by atoms with Gasteiger partial charge < -0.3 is 10.4 Å². The topological polar surface area (TPSA) is 49.3 Å². The summed E-state index contributed by atoms with van der Waals surface area (Å²) >= 11 is 1.44. The van der Waals surface area contributed by atoms with Gasteiger partial charge in [0.25, 0.3) is 0 Å². The molecule has 8 heteroatoms. The first-order valence-corrected chi connectivity index (χ1v) is 7.60. The van der Waals surface area contributed by atoms with Gasteiger partial charge in [-0.3, -0.25) is 4.79 Å². The molecule has 1 fully saturated rings. The second kappa shape index (κ2) is 6.25. The van der Waals surface area contributed by atoms with Crippen molar-refractivity contribution in [2.45, 2.75) is 36.8 Å². The van der Waals surface area contributed by atoms with E-state index in [4.69, 9.17) is 0 Å². The van der Waals surface area contributed by atoms with E-state index in [2.05, 4.69) is 8.44 Å². The predicted molar refractivity (Wildman–Crippen MR) is 63.5 cm³/mol. The summed E-state index contributed by atoms with van der Waals surface area (Å²) in [6.45, 7) is -0.00252. The van der Waals surface area contributed by atoms with Gasteiger partial charge in [-0.25, -0.2) is 0 Å². The van der Waals surface area contributed by atoms with Crippen LogP contribution in [-0.2, 0) is 4.79 Å². The first-order valence-electron chi connectivity index (χ1n) is 5.25. The first kappa shape index (κ1) is 15.1. The summed E-state index contributed by atoms with van der Waals surface area (Å²) in [6.07, 6.45) is -3.30. The van der Waals surface area contributed by atoms with Gasteiger partial charge in [0.1, 0.15) is 0 Å². The lowest BCUT2D eigenvalue weighted by molar-refractivity contribution is -0.173. The van der Waals surface area contributed by atoms with Crippen LogP contribution < -0.4 is 5.32 Å².